The third-order valence-electron chi connectivity index (χ3n) is 5.15. The van der Waals surface area contributed by atoms with Gasteiger partial charge in [0.25, 0.3) is 0 Å². The number of hydrogen-bond donors (Lipinski definition) is 3. The van der Waals surface area contributed by atoms with E-state index in [1.165, 1.54) is 5.56 Å². The van der Waals surface area contributed by atoms with E-state index in [0.29, 0.717) is 37.8 Å². The zero-order valence-corrected chi connectivity index (χ0v) is 18.6. The number of aliphatic hydroxyl groups excluding tert-OH is 1. The number of likely N-dealkylation sites (tertiary alicyclic amines) is 1. The summed E-state index contributed by atoms with van der Waals surface area (Å²) in [5.74, 6) is 1.25. The summed E-state index contributed by atoms with van der Waals surface area (Å²) in [6.07, 6.45) is 1.59. The van der Waals surface area contributed by atoms with Crippen LogP contribution in [0.2, 0.25) is 0 Å². The molecular formula is C23H40N4O2. The first-order chi connectivity index (χ1) is 14.0. The molecule has 0 saturated carbocycles. The minimum absolute atomic E-state index is 0.329. The largest absolute Gasteiger partial charge is 0.389 e. The minimum atomic E-state index is -0.573. The van der Waals surface area contributed by atoms with Crippen LogP contribution in [-0.2, 0) is 11.3 Å². The molecule has 1 aromatic rings. The van der Waals surface area contributed by atoms with Crippen molar-refractivity contribution in [3.63, 3.8) is 0 Å². The van der Waals surface area contributed by atoms with Gasteiger partial charge in [-0.1, -0.05) is 44.2 Å². The molecule has 29 heavy (non-hydrogen) atoms. The Hall–Kier alpha value is -1.63. The molecule has 1 fully saturated rings. The molecule has 3 atom stereocenters. The van der Waals surface area contributed by atoms with Gasteiger partial charge in [-0.05, 0) is 38.2 Å². The molecule has 0 amide bonds. The lowest BCUT2D eigenvalue weighted by atomic mass is 9.97. The summed E-state index contributed by atoms with van der Waals surface area (Å²) in [5.41, 5.74) is 1.37. The van der Waals surface area contributed by atoms with E-state index in [-0.39, 0.29) is 0 Å². The van der Waals surface area contributed by atoms with Crippen molar-refractivity contribution in [2.24, 2.45) is 10.9 Å². The molecule has 1 aliphatic rings. The van der Waals surface area contributed by atoms with Crippen LogP contribution >= 0.6 is 0 Å². The predicted molar refractivity (Wildman–Crippen MR) is 120 cm³/mol. The summed E-state index contributed by atoms with van der Waals surface area (Å²) in [5, 5.41) is 17.0. The van der Waals surface area contributed by atoms with Gasteiger partial charge >= 0.3 is 0 Å². The van der Waals surface area contributed by atoms with E-state index < -0.39 is 6.10 Å². The second-order valence-electron chi connectivity index (χ2n) is 8.48. The molecule has 0 spiro atoms. The smallest absolute Gasteiger partial charge is 0.191 e. The van der Waals surface area contributed by atoms with Crippen molar-refractivity contribution >= 4 is 5.96 Å². The highest BCUT2D eigenvalue weighted by Crippen LogP contribution is 2.19. The second kappa shape index (κ2) is 12.8. The molecule has 6 heteroatoms. The molecule has 3 N–H and O–H groups in total. The number of guanidine groups is 1. The summed E-state index contributed by atoms with van der Waals surface area (Å²) in [6, 6.07) is 11.6. The summed E-state index contributed by atoms with van der Waals surface area (Å²) >= 11 is 0. The van der Waals surface area contributed by atoms with Crippen LogP contribution in [0.5, 0.6) is 0 Å². The molecule has 0 bridgehead atoms. The van der Waals surface area contributed by atoms with Crippen molar-refractivity contribution in [3.8, 4) is 0 Å². The van der Waals surface area contributed by atoms with E-state index >= 15 is 0 Å². The fourth-order valence-electron chi connectivity index (χ4n) is 3.61. The summed E-state index contributed by atoms with van der Waals surface area (Å²) in [4.78, 5) is 7.12. The first-order valence-corrected chi connectivity index (χ1v) is 11.1. The lowest BCUT2D eigenvalue weighted by Gasteiger charge is -2.38. The van der Waals surface area contributed by atoms with Crippen molar-refractivity contribution in [2.45, 2.75) is 65.3 Å². The Kier molecular flexibility index (Phi) is 10.5. The number of ether oxygens (including phenoxy) is 1. The van der Waals surface area contributed by atoms with Gasteiger partial charge in [-0.3, -0.25) is 9.89 Å². The average Bonchev–Trinajstić information content (AvgIpc) is 2.69. The Morgan fingerprint density at radius 3 is 2.69 bits per heavy atom. The molecule has 164 valence electrons. The lowest BCUT2D eigenvalue weighted by Crippen LogP contribution is -2.51. The monoisotopic (exact) mass is 404 g/mol. The zero-order valence-electron chi connectivity index (χ0n) is 18.6. The van der Waals surface area contributed by atoms with Gasteiger partial charge in [0.05, 0.1) is 19.3 Å². The fourth-order valence-corrected chi connectivity index (χ4v) is 3.61. The van der Waals surface area contributed by atoms with E-state index in [1.54, 1.807) is 0 Å². The Morgan fingerprint density at radius 2 is 2.03 bits per heavy atom. The van der Waals surface area contributed by atoms with Gasteiger partial charge in [0.2, 0.25) is 0 Å². The molecule has 1 heterocycles. The van der Waals surface area contributed by atoms with Gasteiger partial charge < -0.3 is 20.5 Å². The molecule has 1 saturated heterocycles. The summed E-state index contributed by atoms with van der Waals surface area (Å²) in [6.45, 7) is 12.8. The number of nitrogens with zero attached hydrogens (tertiary/aromatic N) is 2. The van der Waals surface area contributed by atoms with Crippen LogP contribution < -0.4 is 10.6 Å². The van der Waals surface area contributed by atoms with Crippen molar-refractivity contribution < 1.29 is 9.84 Å². The molecule has 0 radical (unpaired) electrons. The standard InChI is InChI=1S/C23H40N4O2/c1-5-24-23(25-14-22(28)17-29-16-18(2)3)26-21-11-12-27(19(4)13-21)15-20-9-7-6-8-10-20/h6-10,18-19,21-22,28H,5,11-17H2,1-4H3,(H2,24,25,26). The first kappa shape index (κ1) is 23.6. The highest BCUT2D eigenvalue weighted by molar-refractivity contribution is 5.80. The normalized spacial score (nSPS) is 21.9. The molecule has 3 unspecified atom stereocenters. The quantitative estimate of drug-likeness (QED) is 0.413. The van der Waals surface area contributed by atoms with Crippen LogP contribution in [0.4, 0.5) is 0 Å². The maximum atomic E-state index is 10.1. The number of rotatable bonds is 10. The van der Waals surface area contributed by atoms with Gasteiger partial charge in [-0.15, -0.1) is 0 Å². The van der Waals surface area contributed by atoms with Crippen molar-refractivity contribution in [1.82, 2.24) is 15.5 Å². The van der Waals surface area contributed by atoms with E-state index in [1.807, 2.05) is 0 Å². The van der Waals surface area contributed by atoms with Gasteiger partial charge in [0.1, 0.15) is 0 Å². The number of benzene rings is 1. The van der Waals surface area contributed by atoms with Crippen molar-refractivity contribution in [1.29, 1.82) is 0 Å². The predicted octanol–water partition coefficient (Wildman–Crippen LogP) is 2.63. The third-order valence-corrected chi connectivity index (χ3v) is 5.15. The number of aliphatic imine (C=N–C) groups is 1. The van der Waals surface area contributed by atoms with Crippen LogP contribution in [-0.4, -0.2) is 67.0 Å². The number of aliphatic hydroxyl groups is 1. The van der Waals surface area contributed by atoms with Crippen LogP contribution in [0.1, 0.15) is 46.1 Å². The number of hydrogen-bond acceptors (Lipinski definition) is 4. The lowest BCUT2D eigenvalue weighted by molar-refractivity contribution is 0.0301. The van der Waals surface area contributed by atoms with Crippen molar-refractivity contribution in [3.05, 3.63) is 35.9 Å². The topological polar surface area (TPSA) is 69.1 Å². The molecular weight excluding hydrogens is 364 g/mol. The maximum Gasteiger partial charge on any atom is 0.191 e. The number of piperidine rings is 1. The van der Waals surface area contributed by atoms with Gasteiger partial charge in [-0.25, -0.2) is 0 Å². The van der Waals surface area contributed by atoms with Crippen LogP contribution in [0.3, 0.4) is 0 Å². The van der Waals surface area contributed by atoms with Gasteiger partial charge in [0.15, 0.2) is 5.96 Å². The Balaban J connectivity index is 1.79. The van der Waals surface area contributed by atoms with E-state index in [0.717, 1.165) is 38.4 Å². The molecule has 6 nitrogen and oxygen atoms in total. The minimum Gasteiger partial charge on any atom is -0.389 e. The van der Waals surface area contributed by atoms with E-state index in [2.05, 4.69) is 78.6 Å². The maximum absolute atomic E-state index is 10.1. The number of nitrogens with one attached hydrogen (secondary N) is 2. The Bertz CT molecular complexity index is 594. The SMILES string of the molecule is CCNC(=NCC(O)COCC(C)C)NC1CCN(Cc2ccccc2)C(C)C1. The second-order valence-corrected chi connectivity index (χ2v) is 8.48. The molecule has 1 aliphatic heterocycles. The summed E-state index contributed by atoms with van der Waals surface area (Å²) < 4.78 is 5.51. The molecule has 2 rings (SSSR count). The molecule has 0 aliphatic carbocycles. The fraction of sp³-hybridized carbons (Fsp3) is 0.696. The first-order valence-electron chi connectivity index (χ1n) is 11.1. The Morgan fingerprint density at radius 1 is 1.28 bits per heavy atom. The van der Waals surface area contributed by atoms with Crippen LogP contribution in [0, 0.1) is 5.92 Å². The highest BCUT2D eigenvalue weighted by Gasteiger charge is 2.26. The third kappa shape index (κ3) is 9.15. The van der Waals surface area contributed by atoms with Crippen LogP contribution in [0.15, 0.2) is 35.3 Å². The highest BCUT2D eigenvalue weighted by atomic mass is 16.5. The Labute approximate surface area is 176 Å². The van der Waals surface area contributed by atoms with Gasteiger partial charge in [0, 0.05) is 38.3 Å². The molecule has 0 aromatic heterocycles. The van der Waals surface area contributed by atoms with E-state index in [4.69, 9.17) is 4.74 Å². The van der Waals surface area contributed by atoms with Crippen LogP contribution in [0.25, 0.3) is 0 Å². The van der Waals surface area contributed by atoms with E-state index in [9.17, 15) is 5.11 Å². The average molecular weight is 405 g/mol. The van der Waals surface area contributed by atoms with Gasteiger partial charge in [-0.2, -0.15) is 0 Å². The molecule has 1 aromatic carbocycles. The summed E-state index contributed by atoms with van der Waals surface area (Å²) in [7, 11) is 0. The van der Waals surface area contributed by atoms with Crippen molar-refractivity contribution in [2.75, 3.05) is 32.8 Å². The zero-order chi connectivity index (χ0) is 21.1.